The van der Waals surface area contributed by atoms with Crippen molar-refractivity contribution in [3.8, 4) is 0 Å². The Balaban J connectivity index is 2.24. The molecule has 1 N–H and O–H groups in total. The first-order valence-corrected chi connectivity index (χ1v) is 5.59. The summed E-state index contributed by atoms with van der Waals surface area (Å²) in [6, 6.07) is 1.28. The molecule has 3 heteroatoms. The molecule has 0 aromatic heterocycles. The predicted octanol–water partition coefficient (Wildman–Crippen LogP) is 2.11. The Morgan fingerprint density at radius 1 is 1.50 bits per heavy atom. The van der Waals surface area contributed by atoms with Crippen molar-refractivity contribution in [2.24, 2.45) is 0 Å². The minimum absolute atomic E-state index is 0.302. The van der Waals surface area contributed by atoms with E-state index in [-0.39, 0.29) is 0 Å². The molecule has 1 aliphatic carbocycles. The van der Waals surface area contributed by atoms with E-state index in [1.165, 1.54) is 19.3 Å². The molecule has 3 nitrogen and oxygen atoms in total. The Morgan fingerprint density at radius 2 is 2.14 bits per heavy atom. The van der Waals surface area contributed by atoms with Gasteiger partial charge in [0, 0.05) is 18.5 Å². The highest BCUT2D eigenvalue weighted by Crippen LogP contribution is 2.26. The molecule has 0 unspecified atom stereocenters. The number of rotatable bonds is 6. The van der Waals surface area contributed by atoms with Gasteiger partial charge in [-0.1, -0.05) is 6.42 Å². The zero-order valence-electron chi connectivity index (χ0n) is 9.20. The third-order valence-corrected chi connectivity index (χ3v) is 3.01. The van der Waals surface area contributed by atoms with Crippen molar-refractivity contribution in [2.75, 3.05) is 6.54 Å². The molecule has 1 aliphatic rings. The molecular formula is C11H21NO2. The first kappa shape index (κ1) is 11.5. The first-order valence-electron chi connectivity index (χ1n) is 5.59. The monoisotopic (exact) mass is 199 g/mol. The van der Waals surface area contributed by atoms with E-state index in [0.717, 1.165) is 19.0 Å². The van der Waals surface area contributed by atoms with Crippen molar-refractivity contribution in [3.63, 3.8) is 0 Å². The minimum atomic E-state index is -0.678. The van der Waals surface area contributed by atoms with Gasteiger partial charge in [-0.2, -0.15) is 0 Å². The zero-order valence-corrected chi connectivity index (χ0v) is 9.20. The van der Waals surface area contributed by atoms with Crippen LogP contribution in [0, 0.1) is 0 Å². The van der Waals surface area contributed by atoms with Crippen LogP contribution in [0.3, 0.4) is 0 Å². The Hall–Kier alpha value is -0.570. The van der Waals surface area contributed by atoms with E-state index in [9.17, 15) is 4.79 Å². The summed E-state index contributed by atoms with van der Waals surface area (Å²) in [5.74, 6) is -0.678. The van der Waals surface area contributed by atoms with Gasteiger partial charge in [-0.3, -0.25) is 9.69 Å². The molecular weight excluding hydrogens is 178 g/mol. The highest BCUT2D eigenvalue weighted by atomic mass is 16.4. The zero-order chi connectivity index (χ0) is 10.6. The molecule has 82 valence electrons. The molecule has 0 amide bonds. The van der Waals surface area contributed by atoms with Crippen LogP contribution in [0.2, 0.25) is 0 Å². The first-order chi connectivity index (χ1) is 6.61. The van der Waals surface area contributed by atoms with E-state index in [4.69, 9.17) is 5.11 Å². The van der Waals surface area contributed by atoms with Crippen LogP contribution < -0.4 is 0 Å². The minimum Gasteiger partial charge on any atom is -0.481 e. The lowest BCUT2D eigenvalue weighted by Crippen LogP contribution is -2.44. The van der Waals surface area contributed by atoms with Crippen molar-refractivity contribution in [3.05, 3.63) is 0 Å². The van der Waals surface area contributed by atoms with Gasteiger partial charge in [0.15, 0.2) is 0 Å². The second kappa shape index (κ2) is 5.35. The van der Waals surface area contributed by atoms with E-state index in [1.807, 2.05) is 0 Å². The Labute approximate surface area is 86.1 Å². The number of hydrogen-bond donors (Lipinski definition) is 1. The van der Waals surface area contributed by atoms with Gasteiger partial charge in [-0.25, -0.2) is 0 Å². The number of carboxylic acids is 1. The fraction of sp³-hybridized carbons (Fsp3) is 0.909. The lowest BCUT2D eigenvalue weighted by molar-refractivity contribution is -0.137. The standard InChI is InChI=1S/C11H21NO2/c1-9(2)12(10-5-3-6-10)8-4-7-11(13)14/h9-10H,3-8H2,1-2H3,(H,13,14). The van der Waals surface area contributed by atoms with E-state index in [1.54, 1.807) is 0 Å². The molecule has 0 bridgehead atoms. The van der Waals surface area contributed by atoms with Crippen LogP contribution in [0.25, 0.3) is 0 Å². The molecule has 0 spiro atoms. The quantitative estimate of drug-likeness (QED) is 0.712. The summed E-state index contributed by atoms with van der Waals surface area (Å²) < 4.78 is 0. The smallest absolute Gasteiger partial charge is 0.303 e. The molecule has 14 heavy (non-hydrogen) atoms. The topological polar surface area (TPSA) is 40.5 Å². The van der Waals surface area contributed by atoms with Crippen LogP contribution in [0.5, 0.6) is 0 Å². The van der Waals surface area contributed by atoms with Crippen molar-refractivity contribution in [1.82, 2.24) is 4.90 Å². The van der Waals surface area contributed by atoms with Crippen molar-refractivity contribution in [2.45, 2.75) is 58.0 Å². The molecule has 0 saturated heterocycles. The van der Waals surface area contributed by atoms with Crippen LogP contribution in [-0.4, -0.2) is 34.6 Å². The summed E-state index contributed by atoms with van der Waals surface area (Å²) >= 11 is 0. The normalized spacial score (nSPS) is 17.4. The van der Waals surface area contributed by atoms with Crippen LogP contribution in [0.4, 0.5) is 0 Å². The fourth-order valence-corrected chi connectivity index (χ4v) is 1.99. The van der Waals surface area contributed by atoms with Gasteiger partial charge in [0.1, 0.15) is 0 Å². The third kappa shape index (κ3) is 3.29. The van der Waals surface area contributed by atoms with Gasteiger partial charge < -0.3 is 5.11 Å². The van der Waals surface area contributed by atoms with Gasteiger partial charge in [0.2, 0.25) is 0 Å². The second-order valence-corrected chi connectivity index (χ2v) is 4.41. The predicted molar refractivity (Wildman–Crippen MR) is 56.4 cm³/mol. The molecule has 1 rings (SSSR count). The number of nitrogens with zero attached hydrogens (tertiary/aromatic N) is 1. The van der Waals surface area contributed by atoms with E-state index < -0.39 is 5.97 Å². The lowest BCUT2D eigenvalue weighted by Gasteiger charge is -2.40. The highest BCUT2D eigenvalue weighted by molar-refractivity contribution is 5.66. The summed E-state index contributed by atoms with van der Waals surface area (Å²) in [5.41, 5.74) is 0. The van der Waals surface area contributed by atoms with E-state index >= 15 is 0 Å². The summed E-state index contributed by atoms with van der Waals surface area (Å²) in [6.45, 7) is 5.33. The van der Waals surface area contributed by atoms with Crippen LogP contribution in [0.1, 0.15) is 46.0 Å². The van der Waals surface area contributed by atoms with Gasteiger partial charge >= 0.3 is 5.97 Å². The summed E-state index contributed by atoms with van der Waals surface area (Å²) in [6.07, 6.45) is 5.02. The van der Waals surface area contributed by atoms with Crippen LogP contribution >= 0.6 is 0 Å². The SMILES string of the molecule is CC(C)N(CCCC(=O)O)C1CCC1. The molecule has 0 radical (unpaired) electrons. The van der Waals surface area contributed by atoms with Crippen LogP contribution in [0.15, 0.2) is 0 Å². The molecule has 0 aliphatic heterocycles. The van der Waals surface area contributed by atoms with E-state index in [0.29, 0.717) is 12.5 Å². The van der Waals surface area contributed by atoms with Crippen molar-refractivity contribution < 1.29 is 9.90 Å². The maximum atomic E-state index is 10.4. The summed E-state index contributed by atoms with van der Waals surface area (Å²) in [7, 11) is 0. The Kier molecular flexibility index (Phi) is 4.39. The van der Waals surface area contributed by atoms with Crippen molar-refractivity contribution in [1.29, 1.82) is 0 Å². The van der Waals surface area contributed by atoms with Crippen LogP contribution in [-0.2, 0) is 4.79 Å². The molecule has 0 aromatic carbocycles. The maximum Gasteiger partial charge on any atom is 0.303 e. The Bertz CT molecular complexity index is 188. The number of carboxylic acid groups (broad SMARTS) is 1. The average Bonchev–Trinajstić information content (AvgIpc) is 1.98. The molecule has 1 saturated carbocycles. The molecule has 0 heterocycles. The van der Waals surface area contributed by atoms with Crippen molar-refractivity contribution >= 4 is 5.97 Å². The van der Waals surface area contributed by atoms with E-state index in [2.05, 4.69) is 18.7 Å². The van der Waals surface area contributed by atoms with Gasteiger partial charge in [-0.05, 0) is 39.7 Å². The molecule has 0 atom stereocenters. The fourth-order valence-electron chi connectivity index (χ4n) is 1.99. The van der Waals surface area contributed by atoms with Gasteiger partial charge in [-0.15, -0.1) is 0 Å². The Morgan fingerprint density at radius 3 is 2.50 bits per heavy atom. The van der Waals surface area contributed by atoms with Gasteiger partial charge in [0.25, 0.3) is 0 Å². The highest BCUT2D eigenvalue weighted by Gasteiger charge is 2.26. The largest absolute Gasteiger partial charge is 0.481 e. The number of hydrogen-bond acceptors (Lipinski definition) is 2. The summed E-state index contributed by atoms with van der Waals surface area (Å²) in [5, 5.41) is 8.56. The molecule has 0 aromatic rings. The lowest BCUT2D eigenvalue weighted by atomic mass is 9.90. The number of aliphatic carboxylic acids is 1. The second-order valence-electron chi connectivity index (χ2n) is 4.41. The summed E-state index contributed by atoms with van der Waals surface area (Å²) in [4.78, 5) is 12.8. The average molecular weight is 199 g/mol. The third-order valence-electron chi connectivity index (χ3n) is 3.01. The maximum absolute atomic E-state index is 10.4. The van der Waals surface area contributed by atoms with Gasteiger partial charge in [0.05, 0.1) is 0 Å². The molecule has 1 fully saturated rings. The number of carbonyl (C=O) groups is 1.